The summed E-state index contributed by atoms with van der Waals surface area (Å²) >= 11 is 0. The number of hydrogen-bond donors (Lipinski definition) is 1. The Labute approximate surface area is 147 Å². The third-order valence-corrected chi connectivity index (χ3v) is 4.93. The minimum absolute atomic E-state index is 0.0466. The van der Waals surface area contributed by atoms with Gasteiger partial charge in [0.1, 0.15) is 0 Å². The van der Waals surface area contributed by atoms with E-state index in [4.69, 9.17) is 9.26 Å². The van der Waals surface area contributed by atoms with Crippen LogP contribution in [0.2, 0.25) is 0 Å². The van der Waals surface area contributed by atoms with Gasteiger partial charge in [0.2, 0.25) is 17.7 Å². The molecule has 2 aliphatic heterocycles. The quantitative estimate of drug-likeness (QED) is 0.867. The first kappa shape index (κ1) is 17.9. The Morgan fingerprint density at radius 3 is 2.76 bits per heavy atom. The first-order chi connectivity index (χ1) is 12.0. The molecule has 138 valence electrons. The average molecular weight is 350 g/mol. The van der Waals surface area contributed by atoms with Gasteiger partial charge >= 0.3 is 0 Å². The van der Waals surface area contributed by atoms with Gasteiger partial charge in [0, 0.05) is 25.7 Å². The largest absolute Gasteiger partial charge is 0.378 e. The van der Waals surface area contributed by atoms with Crippen molar-refractivity contribution in [1.29, 1.82) is 0 Å². The van der Waals surface area contributed by atoms with Crippen molar-refractivity contribution >= 4 is 17.7 Å². The van der Waals surface area contributed by atoms with Gasteiger partial charge in [-0.25, -0.2) is 0 Å². The monoisotopic (exact) mass is 350 g/mol. The van der Waals surface area contributed by atoms with E-state index in [9.17, 15) is 9.59 Å². The number of aryl methyl sites for hydroxylation is 1. The van der Waals surface area contributed by atoms with E-state index >= 15 is 0 Å². The molecule has 25 heavy (non-hydrogen) atoms. The Morgan fingerprint density at radius 2 is 2.08 bits per heavy atom. The van der Waals surface area contributed by atoms with Crippen LogP contribution in [0.5, 0.6) is 0 Å². The summed E-state index contributed by atoms with van der Waals surface area (Å²) in [4.78, 5) is 29.1. The van der Waals surface area contributed by atoms with Gasteiger partial charge < -0.3 is 14.2 Å². The fraction of sp³-hybridized carbons (Fsp3) is 0.706. The number of likely N-dealkylation sites (tertiary alicyclic amines) is 1. The lowest BCUT2D eigenvalue weighted by molar-refractivity contribution is -0.142. The van der Waals surface area contributed by atoms with Crippen LogP contribution in [0.3, 0.4) is 0 Å². The lowest BCUT2D eigenvalue weighted by atomic mass is 9.95. The molecule has 3 rings (SSSR count). The Morgan fingerprint density at radius 1 is 1.32 bits per heavy atom. The van der Waals surface area contributed by atoms with Crippen molar-refractivity contribution in [1.82, 2.24) is 15.0 Å². The number of morpholine rings is 1. The molecular weight excluding hydrogens is 324 g/mol. The summed E-state index contributed by atoms with van der Waals surface area (Å²) in [6, 6.07) is 1.36. The predicted octanol–water partition coefficient (Wildman–Crippen LogP) is 0.881. The van der Waals surface area contributed by atoms with Gasteiger partial charge in [-0.2, -0.15) is 0 Å². The van der Waals surface area contributed by atoms with Gasteiger partial charge in [0.05, 0.1) is 30.9 Å². The number of nitrogens with one attached hydrogen (secondary N) is 1. The van der Waals surface area contributed by atoms with Gasteiger partial charge in [-0.1, -0.05) is 5.16 Å². The highest BCUT2D eigenvalue weighted by molar-refractivity contribution is 5.93. The minimum atomic E-state index is -0.328. The Bertz CT molecular complexity index is 612. The van der Waals surface area contributed by atoms with Crippen LogP contribution < -0.4 is 5.32 Å². The molecular formula is C17H26N4O4. The number of carbonyl (C=O) groups excluding carboxylic acids is 2. The second-order valence-electron chi connectivity index (χ2n) is 6.77. The van der Waals surface area contributed by atoms with Crippen LogP contribution in [0.15, 0.2) is 10.6 Å². The van der Waals surface area contributed by atoms with E-state index < -0.39 is 0 Å². The van der Waals surface area contributed by atoms with Crippen LogP contribution in [0.1, 0.15) is 25.5 Å². The number of ether oxygens (including phenoxy) is 1. The van der Waals surface area contributed by atoms with E-state index in [1.807, 2.05) is 11.8 Å². The molecule has 2 aliphatic rings. The van der Waals surface area contributed by atoms with Crippen LogP contribution >= 0.6 is 0 Å². The zero-order valence-corrected chi connectivity index (χ0v) is 14.9. The average Bonchev–Trinajstić information content (AvgIpc) is 3.06. The molecule has 0 bridgehead atoms. The van der Waals surface area contributed by atoms with Gasteiger partial charge in [-0.3, -0.25) is 19.8 Å². The molecule has 2 atom stereocenters. The number of anilines is 1. The second-order valence-corrected chi connectivity index (χ2v) is 6.77. The molecule has 0 spiro atoms. The van der Waals surface area contributed by atoms with Crippen molar-refractivity contribution in [2.75, 3.05) is 44.7 Å². The zero-order valence-electron chi connectivity index (χ0n) is 14.9. The number of piperidine rings is 1. The highest BCUT2D eigenvalue weighted by Gasteiger charge is 2.33. The summed E-state index contributed by atoms with van der Waals surface area (Å²) in [6.45, 7) is 7.63. The van der Waals surface area contributed by atoms with Crippen molar-refractivity contribution in [3.63, 3.8) is 0 Å². The third-order valence-electron chi connectivity index (χ3n) is 4.93. The highest BCUT2D eigenvalue weighted by Crippen LogP contribution is 2.22. The van der Waals surface area contributed by atoms with Crippen molar-refractivity contribution in [2.45, 2.75) is 32.7 Å². The summed E-state index contributed by atoms with van der Waals surface area (Å²) in [6.07, 6.45) is 1.79. The molecule has 3 heterocycles. The van der Waals surface area contributed by atoms with Gasteiger partial charge in [-0.15, -0.1) is 0 Å². The predicted molar refractivity (Wildman–Crippen MR) is 91.0 cm³/mol. The van der Waals surface area contributed by atoms with E-state index in [0.717, 1.165) is 25.1 Å². The normalized spacial score (nSPS) is 23.3. The van der Waals surface area contributed by atoms with Crippen molar-refractivity contribution < 1.29 is 18.8 Å². The fourth-order valence-electron chi connectivity index (χ4n) is 3.42. The van der Waals surface area contributed by atoms with E-state index in [0.29, 0.717) is 38.7 Å². The first-order valence-electron chi connectivity index (χ1n) is 8.89. The maximum atomic E-state index is 12.7. The first-order valence-corrected chi connectivity index (χ1v) is 8.89. The Kier molecular flexibility index (Phi) is 5.70. The van der Waals surface area contributed by atoms with Crippen LogP contribution in [-0.2, 0) is 14.3 Å². The molecule has 0 aromatic carbocycles. The molecule has 1 aromatic heterocycles. The number of hydrogen-bond acceptors (Lipinski definition) is 6. The van der Waals surface area contributed by atoms with Crippen LogP contribution in [0.4, 0.5) is 5.88 Å². The van der Waals surface area contributed by atoms with Crippen LogP contribution in [0.25, 0.3) is 0 Å². The smallest absolute Gasteiger partial charge is 0.243 e. The molecule has 8 heteroatoms. The Hall–Kier alpha value is -1.93. The minimum Gasteiger partial charge on any atom is -0.378 e. The fourth-order valence-corrected chi connectivity index (χ4v) is 3.42. The maximum Gasteiger partial charge on any atom is 0.243 e. The third kappa shape index (κ3) is 4.38. The molecule has 2 amide bonds. The molecule has 1 N–H and O–H groups in total. The van der Waals surface area contributed by atoms with E-state index in [1.54, 1.807) is 13.0 Å². The SMILES string of the molecule is Cc1cc(NC(=O)C(C)N2CCCC(C(=O)N3CCOCC3)C2)on1. The van der Waals surface area contributed by atoms with E-state index in [1.165, 1.54) is 0 Å². The molecule has 0 radical (unpaired) electrons. The number of aromatic nitrogens is 1. The summed E-state index contributed by atoms with van der Waals surface area (Å²) in [7, 11) is 0. The summed E-state index contributed by atoms with van der Waals surface area (Å²) in [5, 5.41) is 6.51. The number of rotatable bonds is 4. The number of carbonyl (C=O) groups is 2. The van der Waals surface area contributed by atoms with Crippen molar-refractivity contribution in [3.05, 3.63) is 11.8 Å². The molecule has 2 unspecified atom stereocenters. The number of nitrogens with zero attached hydrogens (tertiary/aromatic N) is 3. The standard InChI is InChI=1S/C17H26N4O4/c1-12-10-15(25-19-12)18-16(22)13(2)21-5-3-4-14(11-21)17(23)20-6-8-24-9-7-20/h10,13-14H,3-9,11H2,1-2H3,(H,18,22). The zero-order chi connectivity index (χ0) is 17.8. The molecule has 8 nitrogen and oxygen atoms in total. The van der Waals surface area contributed by atoms with Crippen LogP contribution in [0, 0.1) is 12.8 Å². The van der Waals surface area contributed by atoms with E-state index in [2.05, 4.69) is 15.4 Å². The van der Waals surface area contributed by atoms with Crippen molar-refractivity contribution in [2.24, 2.45) is 5.92 Å². The lowest BCUT2D eigenvalue weighted by Crippen LogP contribution is -2.52. The maximum absolute atomic E-state index is 12.7. The lowest BCUT2D eigenvalue weighted by Gasteiger charge is -2.38. The summed E-state index contributed by atoms with van der Waals surface area (Å²) in [5.41, 5.74) is 0.720. The molecule has 2 fully saturated rings. The molecule has 0 aliphatic carbocycles. The summed E-state index contributed by atoms with van der Waals surface area (Å²) < 4.78 is 10.4. The van der Waals surface area contributed by atoms with E-state index in [-0.39, 0.29) is 23.8 Å². The van der Waals surface area contributed by atoms with Crippen molar-refractivity contribution in [3.8, 4) is 0 Å². The molecule has 0 saturated carbocycles. The van der Waals surface area contributed by atoms with Crippen LogP contribution in [-0.4, -0.2) is 72.2 Å². The summed E-state index contributed by atoms with van der Waals surface area (Å²) in [5.74, 6) is 0.351. The highest BCUT2D eigenvalue weighted by atomic mass is 16.5. The second kappa shape index (κ2) is 7.97. The van der Waals surface area contributed by atoms with Gasteiger partial charge in [0.15, 0.2) is 0 Å². The Balaban J connectivity index is 1.56. The number of amides is 2. The molecule has 2 saturated heterocycles. The molecule has 1 aromatic rings. The van der Waals surface area contributed by atoms with Gasteiger partial charge in [0.25, 0.3) is 0 Å². The topological polar surface area (TPSA) is 87.9 Å². The van der Waals surface area contributed by atoms with Gasteiger partial charge in [-0.05, 0) is 33.2 Å².